The maximum absolute atomic E-state index is 12.3. The SMILES string of the molecule is Cc1cc(C)n(-c2ccc(CCC(=O)Nc3nc(-c4ccc(Cl)cc4)cs3)cc2)n1. The second-order valence-electron chi connectivity index (χ2n) is 7.10. The van der Waals surface area contributed by atoms with Crippen molar-refractivity contribution in [1.29, 1.82) is 0 Å². The topological polar surface area (TPSA) is 59.8 Å². The van der Waals surface area contributed by atoms with Crippen LogP contribution in [-0.4, -0.2) is 20.7 Å². The van der Waals surface area contributed by atoms with Gasteiger partial charge < -0.3 is 5.32 Å². The van der Waals surface area contributed by atoms with Crippen molar-refractivity contribution in [2.24, 2.45) is 0 Å². The van der Waals surface area contributed by atoms with Gasteiger partial charge in [-0.25, -0.2) is 9.67 Å². The van der Waals surface area contributed by atoms with E-state index in [1.165, 1.54) is 11.3 Å². The summed E-state index contributed by atoms with van der Waals surface area (Å²) >= 11 is 7.34. The standard InChI is InChI=1S/C23H21ClN4OS/c1-15-13-16(2)28(27-15)20-10-3-17(4-11-20)5-12-22(29)26-23-25-21(14-30-23)18-6-8-19(24)9-7-18/h3-4,6-11,13-14H,5,12H2,1-2H3,(H,25,26,29). The largest absolute Gasteiger partial charge is 0.302 e. The Morgan fingerprint density at radius 1 is 1.10 bits per heavy atom. The number of anilines is 1. The van der Waals surface area contributed by atoms with E-state index in [1.807, 2.05) is 72.4 Å². The van der Waals surface area contributed by atoms with Crippen LogP contribution < -0.4 is 5.32 Å². The minimum Gasteiger partial charge on any atom is -0.302 e. The summed E-state index contributed by atoms with van der Waals surface area (Å²) in [6.45, 7) is 4.02. The van der Waals surface area contributed by atoms with Gasteiger partial charge in [-0.2, -0.15) is 5.10 Å². The number of aromatic nitrogens is 3. The molecule has 0 spiro atoms. The Bertz CT molecular complexity index is 1160. The first-order chi connectivity index (χ1) is 14.5. The Kier molecular flexibility index (Phi) is 5.97. The highest BCUT2D eigenvalue weighted by Gasteiger charge is 2.09. The number of nitrogens with one attached hydrogen (secondary N) is 1. The Hall–Kier alpha value is -2.96. The Morgan fingerprint density at radius 3 is 2.50 bits per heavy atom. The molecule has 2 aromatic carbocycles. The number of rotatable bonds is 6. The minimum absolute atomic E-state index is 0.0466. The van der Waals surface area contributed by atoms with Gasteiger partial charge in [0.15, 0.2) is 5.13 Å². The number of hydrogen-bond acceptors (Lipinski definition) is 4. The van der Waals surface area contributed by atoms with E-state index in [-0.39, 0.29) is 5.91 Å². The number of nitrogens with zero attached hydrogens (tertiary/aromatic N) is 3. The number of amides is 1. The summed E-state index contributed by atoms with van der Waals surface area (Å²) in [5.41, 5.74) is 6.02. The molecule has 30 heavy (non-hydrogen) atoms. The Labute approximate surface area is 184 Å². The summed E-state index contributed by atoms with van der Waals surface area (Å²) in [5.74, 6) is -0.0466. The van der Waals surface area contributed by atoms with Crippen molar-refractivity contribution in [2.75, 3.05) is 5.32 Å². The van der Waals surface area contributed by atoms with Crippen molar-refractivity contribution in [3.63, 3.8) is 0 Å². The van der Waals surface area contributed by atoms with Crippen LogP contribution in [0.25, 0.3) is 16.9 Å². The van der Waals surface area contributed by atoms with Crippen LogP contribution in [0, 0.1) is 13.8 Å². The van der Waals surface area contributed by atoms with Crippen molar-refractivity contribution in [3.05, 3.63) is 82.0 Å². The number of aryl methyl sites for hydroxylation is 3. The summed E-state index contributed by atoms with van der Waals surface area (Å²) in [4.78, 5) is 16.8. The minimum atomic E-state index is -0.0466. The van der Waals surface area contributed by atoms with Crippen LogP contribution in [0.3, 0.4) is 0 Å². The lowest BCUT2D eigenvalue weighted by Crippen LogP contribution is -2.12. The van der Waals surface area contributed by atoms with E-state index in [2.05, 4.69) is 21.5 Å². The molecule has 0 saturated heterocycles. The van der Waals surface area contributed by atoms with Gasteiger partial charge in [0.2, 0.25) is 5.91 Å². The molecule has 2 heterocycles. The van der Waals surface area contributed by atoms with Gasteiger partial charge in [0.25, 0.3) is 0 Å². The van der Waals surface area contributed by atoms with Gasteiger partial charge in [0.1, 0.15) is 0 Å². The quantitative estimate of drug-likeness (QED) is 0.413. The molecular weight excluding hydrogens is 416 g/mol. The van der Waals surface area contributed by atoms with E-state index in [4.69, 9.17) is 11.6 Å². The van der Waals surface area contributed by atoms with E-state index < -0.39 is 0 Å². The highest BCUT2D eigenvalue weighted by Crippen LogP contribution is 2.26. The van der Waals surface area contributed by atoms with Gasteiger partial charge in [-0.3, -0.25) is 4.79 Å². The molecule has 7 heteroatoms. The van der Waals surface area contributed by atoms with Crippen LogP contribution in [0.15, 0.2) is 60.0 Å². The molecule has 1 amide bonds. The number of thiazole rings is 1. The molecule has 4 rings (SSSR count). The maximum atomic E-state index is 12.3. The molecule has 0 bridgehead atoms. The summed E-state index contributed by atoms with van der Waals surface area (Å²) in [6, 6.07) is 17.7. The number of benzene rings is 2. The molecule has 1 N–H and O–H groups in total. The zero-order valence-corrected chi connectivity index (χ0v) is 18.3. The Morgan fingerprint density at radius 2 is 1.83 bits per heavy atom. The first-order valence-corrected chi connectivity index (χ1v) is 10.9. The van der Waals surface area contributed by atoms with Gasteiger partial charge in [-0.15, -0.1) is 11.3 Å². The zero-order valence-electron chi connectivity index (χ0n) is 16.7. The van der Waals surface area contributed by atoms with Crippen molar-refractivity contribution in [1.82, 2.24) is 14.8 Å². The van der Waals surface area contributed by atoms with Gasteiger partial charge in [0.05, 0.1) is 17.1 Å². The van der Waals surface area contributed by atoms with Crippen LogP contribution in [-0.2, 0) is 11.2 Å². The highest BCUT2D eigenvalue weighted by atomic mass is 35.5. The fraction of sp³-hybridized carbons (Fsp3) is 0.174. The molecule has 4 aromatic rings. The average Bonchev–Trinajstić information content (AvgIpc) is 3.33. The lowest BCUT2D eigenvalue weighted by molar-refractivity contribution is -0.116. The van der Waals surface area contributed by atoms with Crippen LogP contribution in [0.2, 0.25) is 5.02 Å². The lowest BCUT2D eigenvalue weighted by Gasteiger charge is -2.06. The molecule has 152 valence electrons. The number of carbonyl (C=O) groups excluding carboxylic acids is 1. The molecule has 0 radical (unpaired) electrons. The van der Waals surface area contributed by atoms with Crippen molar-refractivity contribution < 1.29 is 4.79 Å². The second-order valence-corrected chi connectivity index (χ2v) is 8.39. The fourth-order valence-corrected chi connectivity index (χ4v) is 4.08. The molecule has 5 nitrogen and oxygen atoms in total. The predicted octanol–water partition coefficient (Wildman–Crippen LogP) is 5.84. The zero-order chi connectivity index (χ0) is 21.1. The highest BCUT2D eigenvalue weighted by molar-refractivity contribution is 7.14. The average molecular weight is 437 g/mol. The summed E-state index contributed by atoms with van der Waals surface area (Å²) < 4.78 is 1.92. The van der Waals surface area contributed by atoms with Crippen LogP contribution in [0.4, 0.5) is 5.13 Å². The molecule has 0 aliphatic rings. The lowest BCUT2D eigenvalue weighted by atomic mass is 10.1. The normalized spacial score (nSPS) is 10.9. The van der Waals surface area contributed by atoms with E-state index in [9.17, 15) is 4.79 Å². The summed E-state index contributed by atoms with van der Waals surface area (Å²) in [5, 5.41) is 10.6. The molecule has 0 aliphatic carbocycles. The predicted molar refractivity (Wildman–Crippen MR) is 123 cm³/mol. The molecular formula is C23H21ClN4OS. The number of hydrogen-bond donors (Lipinski definition) is 1. The molecule has 2 aromatic heterocycles. The van der Waals surface area contributed by atoms with Gasteiger partial charge in [-0.1, -0.05) is 35.9 Å². The third-order valence-electron chi connectivity index (χ3n) is 4.72. The first-order valence-electron chi connectivity index (χ1n) is 9.62. The molecule has 0 fully saturated rings. The summed E-state index contributed by atoms with van der Waals surface area (Å²) in [6.07, 6.45) is 1.06. The third-order valence-corrected chi connectivity index (χ3v) is 5.73. The van der Waals surface area contributed by atoms with Crippen LogP contribution >= 0.6 is 22.9 Å². The van der Waals surface area contributed by atoms with E-state index >= 15 is 0 Å². The first kappa shape index (κ1) is 20.3. The monoisotopic (exact) mass is 436 g/mol. The van der Waals surface area contributed by atoms with Crippen molar-refractivity contribution >= 4 is 34.0 Å². The molecule has 0 saturated carbocycles. The van der Waals surface area contributed by atoms with Crippen LogP contribution in [0.5, 0.6) is 0 Å². The maximum Gasteiger partial charge on any atom is 0.226 e. The molecule has 0 unspecified atom stereocenters. The second kappa shape index (κ2) is 8.81. The van der Waals surface area contributed by atoms with E-state index in [1.54, 1.807) is 0 Å². The fourth-order valence-electron chi connectivity index (χ4n) is 3.22. The van der Waals surface area contributed by atoms with Gasteiger partial charge >= 0.3 is 0 Å². The molecule has 0 atom stereocenters. The molecule has 0 aliphatic heterocycles. The van der Waals surface area contributed by atoms with Crippen molar-refractivity contribution in [3.8, 4) is 16.9 Å². The van der Waals surface area contributed by atoms with Gasteiger partial charge in [-0.05, 0) is 56.2 Å². The summed E-state index contributed by atoms with van der Waals surface area (Å²) in [7, 11) is 0. The number of carbonyl (C=O) groups is 1. The van der Waals surface area contributed by atoms with E-state index in [0.29, 0.717) is 23.0 Å². The third kappa shape index (κ3) is 4.78. The smallest absolute Gasteiger partial charge is 0.226 e. The van der Waals surface area contributed by atoms with Crippen LogP contribution in [0.1, 0.15) is 23.4 Å². The number of halogens is 1. The Balaban J connectivity index is 1.33. The van der Waals surface area contributed by atoms with Crippen molar-refractivity contribution in [2.45, 2.75) is 26.7 Å². The van der Waals surface area contributed by atoms with E-state index in [0.717, 1.165) is 33.9 Å². The van der Waals surface area contributed by atoms with Gasteiger partial charge in [0, 0.05) is 28.1 Å².